The van der Waals surface area contributed by atoms with Crippen molar-refractivity contribution in [3.05, 3.63) is 45.4 Å². The second-order valence-corrected chi connectivity index (χ2v) is 5.65. The van der Waals surface area contributed by atoms with Crippen LogP contribution in [0.25, 0.3) is 0 Å². The minimum absolute atomic E-state index is 0.00519. The van der Waals surface area contributed by atoms with Crippen molar-refractivity contribution in [3.63, 3.8) is 0 Å². The Kier molecular flexibility index (Phi) is 3.93. The maximum atomic E-state index is 11.8. The van der Waals surface area contributed by atoms with Gasteiger partial charge in [0.1, 0.15) is 0 Å². The van der Waals surface area contributed by atoms with E-state index in [4.69, 9.17) is 11.6 Å². The Hall–Kier alpha value is -1.06. The summed E-state index contributed by atoms with van der Waals surface area (Å²) in [5.41, 5.74) is 2.84. The van der Waals surface area contributed by atoms with Crippen LogP contribution in [0.15, 0.2) is 23.6 Å². The number of carbonyl (C=O) groups is 1. The Morgan fingerprint density at radius 1 is 1.50 bits per heavy atom. The summed E-state index contributed by atoms with van der Waals surface area (Å²) in [7, 11) is 0. The van der Waals surface area contributed by atoms with Gasteiger partial charge in [-0.3, -0.25) is 4.79 Å². The van der Waals surface area contributed by atoms with Crippen LogP contribution >= 0.6 is 22.9 Å². The fourth-order valence-electron chi connectivity index (χ4n) is 2.38. The number of thiophene rings is 1. The molecular formula is C14H16ClNOS. The number of hydrogen-bond donors (Lipinski definition) is 0. The van der Waals surface area contributed by atoms with Crippen LogP contribution in [0.1, 0.15) is 39.6 Å². The molecule has 0 N–H and O–H groups in total. The Morgan fingerprint density at radius 3 is 2.78 bits per heavy atom. The van der Waals surface area contributed by atoms with Gasteiger partial charge in [0.15, 0.2) is 5.78 Å². The number of hydrogen-bond acceptors (Lipinski definition) is 2. The number of rotatable bonds is 4. The van der Waals surface area contributed by atoms with Gasteiger partial charge in [0.2, 0.25) is 0 Å². The highest BCUT2D eigenvalue weighted by atomic mass is 35.5. The summed E-state index contributed by atoms with van der Waals surface area (Å²) in [4.78, 5) is 13.1. The van der Waals surface area contributed by atoms with Crippen LogP contribution < -0.4 is 0 Å². The van der Waals surface area contributed by atoms with Crippen LogP contribution in [-0.4, -0.2) is 16.2 Å². The lowest BCUT2D eigenvalue weighted by Crippen LogP contribution is -2.10. The minimum Gasteiger partial charge on any atom is -0.341 e. The molecule has 0 saturated heterocycles. The SMILES string of the molecule is Cc1cc(C(=O)CCl)c(C)n1C(C)c1cccs1. The predicted octanol–water partition coefficient (Wildman–Crippen LogP) is 4.20. The zero-order chi connectivity index (χ0) is 13.3. The molecule has 1 unspecified atom stereocenters. The minimum atomic E-state index is -0.00519. The molecule has 18 heavy (non-hydrogen) atoms. The Labute approximate surface area is 116 Å². The van der Waals surface area contributed by atoms with E-state index in [1.165, 1.54) is 4.88 Å². The molecule has 0 aliphatic carbocycles. The number of alkyl halides is 1. The first-order valence-corrected chi connectivity index (χ1v) is 7.28. The quantitative estimate of drug-likeness (QED) is 0.608. The maximum Gasteiger partial charge on any atom is 0.179 e. The van der Waals surface area contributed by atoms with Gasteiger partial charge in [0.25, 0.3) is 0 Å². The van der Waals surface area contributed by atoms with E-state index in [9.17, 15) is 4.79 Å². The van der Waals surface area contributed by atoms with E-state index in [2.05, 4.69) is 29.0 Å². The molecule has 2 aromatic heterocycles. The lowest BCUT2D eigenvalue weighted by Gasteiger charge is -2.17. The van der Waals surface area contributed by atoms with Crippen molar-refractivity contribution < 1.29 is 4.79 Å². The van der Waals surface area contributed by atoms with Gasteiger partial charge in [0.05, 0.1) is 11.9 Å². The third-order valence-corrected chi connectivity index (χ3v) is 4.53. The molecule has 0 aliphatic heterocycles. The summed E-state index contributed by atoms with van der Waals surface area (Å²) in [6.45, 7) is 6.17. The number of ketones is 1. The van der Waals surface area contributed by atoms with E-state index in [1.807, 2.05) is 19.9 Å². The number of Topliss-reactive ketones (excluding diaryl/α,β-unsaturated/α-hetero) is 1. The van der Waals surface area contributed by atoms with E-state index in [0.717, 1.165) is 17.0 Å². The normalized spacial score (nSPS) is 12.7. The summed E-state index contributed by atoms with van der Waals surface area (Å²) in [5.74, 6) is 0.0342. The molecular weight excluding hydrogens is 266 g/mol. The Bertz CT molecular complexity index is 557. The number of carbonyl (C=O) groups excluding carboxylic acids is 1. The first kappa shape index (κ1) is 13.4. The van der Waals surface area contributed by atoms with Crippen molar-refractivity contribution >= 4 is 28.7 Å². The highest BCUT2D eigenvalue weighted by Gasteiger charge is 2.19. The fourth-order valence-corrected chi connectivity index (χ4v) is 3.30. The molecule has 0 fully saturated rings. The number of halogens is 1. The number of aryl methyl sites for hydroxylation is 1. The average Bonchev–Trinajstić information content (AvgIpc) is 2.96. The van der Waals surface area contributed by atoms with Crippen molar-refractivity contribution in [2.75, 3.05) is 5.88 Å². The van der Waals surface area contributed by atoms with Crippen LogP contribution in [-0.2, 0) is 0 Å². The van der Waals surface area contributed by atoms with Gasteiger partial charge in [0, 0.05) is 21.8 Å². The average molecular weight is 282 g/mol. The lowest BCUT2D eigenvalue weighted by atomic mass is 10.2. The van der Waals surface area contributed by atoms with Gasteiger partial charge < -0.3 is 4.57 Å². The monoisotopic (exact) mass is 281 g/mol. The van der Waals surface area contributed by atoms with E-state index in [-0.39, 0.29) is 17.7 Å². The van der Waals surface area contributed by atoms with Crippen molar-refractivity contribution in [2.45, 2.75) is 26.8 Å². The fraction of sp³-hybridized carbons (Fsp3) is 0.357. The highest BCUT2D eigenvalue weighted by molar-refractivity contribution is 7.10. The van der Waals surface area contributed by atoms with Gasteiger partial charge in [-0.1, -0.05) is 6.07 Å². The Balaban J connectivity index is 2.46. The summed E-state index contributed by atoms with van der Waals surface area (Å²) < 4.78 is 2.20. The van der Waals surface area contributed by atoms with Crippen molar-refractivity contribution in [2.24, 2.45) is 0 Å². The van der Waals surface area contributed by atoms with Gasteiger partial charge >= 0.3 is 0 Å². The number of nitrogens with zero attached hydrogens (tertiary/aromatic N) is 1. The molecule has 0 spiro atoms. The van der Waals surface area contributed by atoms with Crippen molar-refractivity contribution in [1.82, 2.24) is 4.57 Å². The molecule has 4 heteroatoms. The summed E-state index contributed by atoms with van der Waals surface area (Å²) in [6.07, 6.45) is 0. The van der Waals surface area contributed by atoms with E-state index in [1.54, 1.807) is 11.3 Å². The third-order valence-electron chi connectivity index (χ3n) is 3.25. The van der Waals surface area contributed by atoms with Crippen LogP contribution in [0.2, 0.25) is 0 Å². The second-order valence-electron chi connectivity index (χ2n) is 4.40. The standard InChI is InChI=1S/C14H16ClNOS/c1-9-7-12(13(17)8-15)10(2)16(9)11(3)14-5-4-6-18-14/h4-7,11H,8H2,1-3H3. The van der Waals surface area contributed by atoms with Crippen LogP contribution in [0, 0.1) is 13.8 Å². The van der Waals surface area contributed by atoms with E-state index >= 15 is 0 Å². The van der Waals surface area contributed by atoms with Crippen LogP contribution in [0.4, 0.5) is 0 Å². The summed E-state index contributed by atoms with van der Waals surface area (Å²) in [5, 5.41) is 2.07. The molecule has 2 heterocycles. The van der Waals surface area contributed by atoms with Crippen LogP contribution in [0.5, 0.6) is 0 Å². The maximum absolute atomic E-state index is 11.8. The first-order valence-electron chi connectivity index (χ1n) is 5.87. The Morgan fingerprint density at radius 2 is 2.22 bits per heavy atom. The highest BCUT2D eigenvalue weighted by Crippen LogP contribution is 2.28. The molecule has 0 saturated carbocycles. The predicted molar refractivity (Wildman–Crippen MR) is 77.1 cm³/mol. The number of aromatic nitrogens is 1. The molecule has 96 valence electrons. The van der Waals surface area contributed by atoms with E-state index in [0.29, 0.717) is 0 Å². The molecule has 2 rings (SSSR count). The molecule has 2 nitrogen and oxygen atoms in total. The van der Waals surface area contributed by atoms with Gasteiger partial charge in [-0.25, -0.2) is 0 Å². The lowest BCUT2D eigenvalue weighted by molar-refractivity contribution is 0.102. The third kappa shape index (κ3) is 2.25. The van der Waals surface area contributed by atoms with Gasteiger partial charge in [-0.2, -0.15) is 0 Å². The molecule has 0 radical (unpaired) electrons. The largest absolute Gasteiger partial charge is 0.341 e. The first-order chi connectivity index (χ1) is 8.56. The summed E-state index contributed by atoms with van der Waals surface area (Å²) in [6, 6.07) is 6.36. The van der Waals surface area contributed by atoms with E-state index < -0.39 is 0 Å². The molecule has 0 amide bonds. The zero-order valence-corrected chi connectivity index (χ0v) is 12.3. The van der Waals surface area contributed by atoms with Gasteiger partial charge in [-0.15, -0.1) is 22.9 Å². The molecule has 2 aromatic rings. The summed E-state index contributed by atoms with van der Waals surface area (Å²) >= 11 is 7.38. The smallest absolute Gasteiger partial charge is 0.179 e. The molecule has 0 aromatic carbocycles. The molecule has 1 atom stereocenters. The van der Waals surface area contributed by atoms with Crippen molar-refractivity contribution in [3.8, 4) is 0 Å². The zero-order valence-electron chi connectivity index (χ0n) is 10.7. The van der Waals surface area contributed by atoms with Crippen molar-refractivity contribution in [1.29, 1.82) is 0 Å². The van der Waals surface area contributed by atoms with Crippen LogP contribution in [0.3, 0.4) is 0 Å². The second kappa shape index (κ2) is 5.29. The van der Waals surface area contributed by atoms with Gasteiger partial charge in [-0.05, 0) is 38.3 Å². The molecule has 0 aliphatic rings. The molecule has 0 bridgehead atoms. The topological polar surface area (TPSA) is 22.0 Å².